The number of hydrogen-bond acceptors (Lipinski definition) is 5. The lowest BCUT2D eigenvalue weighted by atomic mass is 9.52. The molecule has 0 saturated heterocycles. The van der Waals surface area contributed by atoms with Crippen molar-refractivity contribution in [1.29, 1.82) is 0 Å². The Morgan fingerprint density at radius 3 is 2.12 bits per heavy atom. The third-order valence-electron chi connectivity index (χ3n) is 6.89. The summed E-state index contributed by atoms with van der Waals surface area (Å²) in [6, 6.07) is 8.29. The third kappa shape index (κ3) is 5.43. The van der Waals surface area contributed by atoms with E-state index in [2.05, 4.69) is 22.8 Å². The minimum atomic E-state index is -0.597. The molecule has 1 amide bonds. The first-order valence-electron chi connectivity index (χ1n) is 11.3. The highest BCUT2D eigenvalue weighted by Gasteiger charge is 2.53. The lowest BCUT2D eigenvalue weighted by molar-refractivity contribution is -0.160. The Morgan fingerprint density at radius 2 is 1.62 bits per heavy atom. The summed E-state index contributed by atoms with van der Waals surface area (Å²) in [6.07, 6.45) is 5.59. The standard InChI is InChI=1S/C25H35FN2O4/c1-23(2,3)32-22(30)28-17-18(15-26)16-27-20-7-5-19(6-8-20)24-9-12-25(13-10-24,14-11-24)21(29)31-4/h5-8,15,27H,9-14,16-17H2,1-4H3,(H,28,30). The van der Waals surface area contributed by atoms with Gasteiger partial charge in [-0.15, -0.1) is 0 Å². The topological polar surface area (TPSA) is 76.7 Å². The van der Waals surface area contributed by atoms with Crippen molar-refractivity contribution in [3.05, 3.63) is 41.7 Å². The van der Waals surface area contributed by atoms with E-state index in [0.717, 1.165) is 44.2 Å². The lowest BCUT2D eigenvalue weighted by Crippen LogP contribution is -2.48. The third-order valence-corrected chi connectivity index (χ3v) is 6.89. The van der Waals surface area contributed by atoms with Crippen LogP contribution in [0.2, 0.25) is 0 Å². The molecule has 0 spiro atoms. The van der Waals surface area contributed by atoms with Gasteiger partial charge in [0.2, 0.25) is 0 Å². The number of methoxy groups -OCH3 is 1. The molecule has 0 unspecified atom stereocenters. The lowest BCUT2D eigenvalue weighted by Gasteiger charge is -2.52. The number of fused-ring (bicyclic) bond motifs is 3. The molecule has 7 heteroatoms. The summed E-state index contributed by atoms with van der Waals surface area (Å²) in [6.45, 7) is 5.68. The molecule has 4 rings (SSSR count). The van der Waals surface area contributed by atoms with Crippen LogP contribution in [0.25, 0.3) is 0 Å². The minimum Gasteiger partial charge on any atom is -0.469 e. The van der Waals surface area contributed by atoms with Gasteiger partial charge in [0.15, 0.2) is 0 Å². The van der Waals surface area contributed by atoms with Crippen LogP contribution in [-0.2, 0) is 19.7 Å². The van der Waals surface area contributed by atoms with Crippen LogP contribution in [0.15, 0.2) is 36.2 Å². The number of ether oxygens (including phenoxy) is 2. The highest BCUT2D eigenvalue weighted by Crippen LogP contribution is 2.58. The van der Waals surface area contributed by atoms with Crippen LogP contribution in [0, 0.1) is 5.41 Å². The smallest absolute Gasteiger partial charge is 0.407 e. The highest BCUT2D eigenvalue weighted by atomic mass is 19.1. The van der Waals surface area contributed by atoms with E-state index in [0.29, 0.717) is 11.9 Å². The fraction of sp³-hybridized carbons (Fsp3) is 0.600. The number of anilines is 1. The Kier molecular flexibility index (Phi) is 7.16. The molecule has 0 aromatic heterocycles. The molecule has 2 bridgehead atoms. The molecule has 0 heterocycles. The number of benzene rings is 1. The van der Waals surface area contributed by atoms with Crippen molar-refractivity contribution >= 4 is 17.7 Å². The van der Waals surface area contributed by atoms with Gasteiger partial charge in [-0.1, -0.05) is 12.1 Å². The van der Waals surface area contributed by atoms with Crippen molar-refractivity contribution in [1.82, 2.24) is 5.32 Å². The molecule has 6 nitrogen and oxygen atoms in total. The molecule has 1 aromatic rings. The van der Waals surface area contributed by atoms with Crippen LogP contribution in [0.1, 0.15) is 64.9 Å². The van der Waals surface area contributed by atoms with Crippen molar-refractivity contribution < 1.29 is 23.5 Å². The minimum absolute atomic E-state index is 0.0526. The van der Waals surface area contributed by atoms with E-state index in [4.69, 9.17) is 9.47 Å². The molecule has 0 radical (unpaired) electrons. The zero-order chi connectivity index (χ0) is 23.4. The predicted molar refractivity (Wildman–Crippen MR) is 122 cm³/mol. The van der Waals surface area contributed by atoms with Crippen LogP contribution >= 0.6 is 0 Å². The molecule has 32 heavy (non-hydrogen) atoms. The molecule has 1 aromatic carbocycles. The fourth-order valence-corrected chi connectivity index (χ4v) is 4.94. The number of halogens is 1. The van der Waals surface area contributed by atoms with Crippen LogP contribution in [0.4, 0.5) is 14.9 Å². The second-order valence-electron chi connectivity index (χ2n) is 10.1. The summed E-state index contributed by atoms with van der Waals surface area (Å²) in [5.41, 5.74) is 1.86. The van der Waals surface area contributed by atoms with Crippen molar-refractivity contribution in [2.75, 3.05) is 25.5 Å². The van der Waals surface area contributed by atoms with E-state index in [1.165, 1.54) is 12.7 Å². The van der Waals surface area contributed by atoms with Crippen LogP contribution in [0.3, 0.4) is 0 Å². The van der Waals surface area contributed by atoms with E-state index in [1.807, 2.05) is 12.1 Å². The van der Waals surface area contributed by atoms with Crippen molar-refractivity contribution in [2.45, 2.75) is 70.3 Å². The van der Waals surface area contributed by atoms with E-state index < -0.39 is 11.7 Å². The zero-order valence-electron chi connectivity index (χ0n) is 19.6. The number of hydrogen-bond donors (Lipinski definition) is 2. The molecule has 3 fully saturated rings. The maximum Gasteiger partial charge on any atom is 0.407 e. The molecule has 2 N–H and O–H groups in total. The molecular weight excluding hydrogens is 411 g/mol. The Labute approximate surface area is 189 Å². The first kappa shape index (κ1) is 24.1. The van der Waals surface area contributed by atoms with Gasteiger partial charge < -0.3 is 20.1 Å². The van der Waals surface area contributed by atoms with E-state index in [-0.39, 0.29) is 29.9 Å². The van der Waals surface area contributed by atoms with Crippen LogP contribution < -0.4 is 10.6 Å². The maximum atomic E-state index is 13.2. The molecule has 3 aliphatic rings. The molecule has 0 atom stereocenters. The normalized spacial score (nSPS) is 25.2. The predicted octanol–water partition coefficient (Wildman–Crippen LogP) is 5.24. The molecule has 3 saturated carbocycles. The quantitative estimate of drug-likeness (QED) is 0.560. The van der Waals surface area contributed by atoms with Crippen LogP contribution in [0.5, 0.6) is 0 Å². The first-order chi connectivity index (χ1) is 15.1. The highest BCUT2D eigenvalue weighted by molar-refractivity contribution is 5.77. The number of alkyl carbamates (subject to hydrolysis) is 1. The number of esters is 1. The Balaban J connectivity index is 1.52. The molecular formula is C25H35FN2O4. The number of rotatable bonds is 7. The first-order valence-corrected chi connectivity index (χ1v) is 11.3. The maximum absolute atomic E-state index is 13.2. The SMILES string of the molecule is COC(=O)C12CCC(c3ccc(NCC(=CF)CNC(=O)OC(C)(C)C)cc3)(CC1)CC2. The van der Waals surface area contributed by atoms with E-state index in [1.54, 1.807) is 20.8 Å². The number of carbonyl (C=O) groups excluding carboxylic acids is 2. The van der Waals surface area contributed by atoms with E-state index >= 15 is 0 Å². The van der Waals surface area contributed by atoms with Crippen molar-refractivity contribution in [3.8, 4) is 0 Å². The number of nitrogens with one attached hydrogen (secondary N) is 2. The van der Waals surface area contributed by atoms with Gasteiger partial charge >= 0.3 is 12.1 Å². The molecule has 176 valence electrons. The fourth-order valence-electron chi connectivity index (χ4n) is 4.94. The van der Waals surface area contributed by atoms with E-state index in [9.17, 15) is 14.0 Å². The summed E-state index contributed by atoms with van der Waals surface area (Å²) in [4.78, 5) is 24.0. The van der Waals surface area contributed by atoms with Gasteiger partial charge in [0, 0.05) is 18.8 Å². The van der Waals surface area contributed by atoms with Gasteiger partial charge in [-0.25, -0.2) is 9.18 Å². The Bertz CT molecular complexity index is 833. The summed E-state index contributed by atoms with van der Waals surface area (Å²) in [5.74, 6) is -0.0526. The second-order valence-corrected chi connectivity index (χ2v) is 10.1. The van der Waals surface area contributed by atoms with Gasteiger partial charge in [0.1, 0.15) is 5.60 Å². The van der Waals surface area contributed by atoms with Gasteiger partial charge in [-0.2, -0.15) is 0 Å². The summed E-state index contributed by atoms with van der Waals surface area (Å²) >= 11 is 0. The largest absolute Gasteiger partial charge is 0.469 e. The van der Waals surface area contributed by atoms with Gasteiger partial charge in [0.25, 0.3) is 0 Å². The van der Waals surface area contributed by atoms with Crippen molar-refractivity contribution in [3.63, 3.8) is 0 Å². The Morgan fingerprint density at radius 1 is 1.03 bits per heavy atom. The average molecular weight is 447 g/mol. The molecule has 0 aliphatic heterocycles. The van der Waals surface area contributed by atoms with Gasteiger partial charge in [0.05, 0.1) is 18.9 Å². The zero-order valence-corrected chi connectivity index (χ0v) is 19.6. The summed E-state index contributed by atoms with van der Waals surface area (Å²) < 4.78 is 23.5. The van der Waals surface area contributed by atoms with Crippen LogP contribution in [-0.4, -0.2) is 37.9 Å². The van der Waals surface area contributed by atoms with Gasteiger partial charge in [-0.05, 0) is 88.0 Å². The second kappa shape index (κ2) is 9.51. The molecule has 3 aliphatic carbocycles. The van der Waals surface area contributed by atoms with Crippen molar-refractivity contribution in [2.24, 2.45) is 5.41 Å². The van der Waals surface area contributed by atoms with Gasteiger partial charge in [-0.3, -0.25) is 4.79 Å². The monoisotopic (exact) mass is 446 g/mol. The number of amides is 1. The average Bonchev–Trinajstić information content (AvgIpc) is 2.79. The summed E-state index contributed by atoms with van der Waals surface area (Å²) in [7, 11) is 1.48. The Hall–Kier alpha value is -2.57. The number of carbonyl (C=O) groups is 2. The summed E-state index contributed by atoms with van der Waals surface area (Å²) in [5, 5.41) is 5.77.